The Morgan fingerprint density at radius 3 is 2.14 bits per heavy atom. The molecule has 184 valence electrons. The predicted octanol–water partition coefficient (Wildman–Crippen LogP) is 2.56. The summed E-state index contributed by atoms with van der Waals surface area (Å²) < 4.78 is 47.0. The van der Waals surface area contributed by atoms with Crippen molar-refractivity contribution in [3.63, 3.8) is 0 Å². The van der Waals surface area contributed by atoms with E-state index in [0.717, 1.165) is 22.3 Å². The topological polar surface area (TPSA) is 125 Å². The Balaban J connectivity index is 1.53. The van der Waals surface area contributed by atoms with Crippen molar-refractivity contribution in [2.45, 2.75) is 37.0 Å². The zero-order chi connectivity index (χ0) is 25.5. The highest BCUT2D eigenvalue weighted by atomic mass is 19.4. The standard InChI is InChI=1S/C23H20F3N3O6/c1-22(23(24,25)26,20(33)29-17(19(31)32)10-18(30)28-29)27-21(34)35-11-16-14-8-4-2-6-12(14)13-7-3-5-9-15(13)16/h2-9,16-17H,10-11H2,1H3,(H,27,34)(H,28,30)(H,31,32). The molecule has 1 aliphatic carbocycles. The Labute approximate surface area is 196 Å². The molecule has 12 heteroatoms. The van der Waals surface area contributed by atoms with Gasteiger partial charge in [0.05, 0.1) is 6.42 Å². The normalized spacial score (nSPS) is 18.8. The SMILES string of the molecule is CC(NC(=O)OCC1c2ccccc2-c2ccccc21)(C(=O)N1NC(=O)CC1C(=O)O)C(F)(F)F. The first-order valence-electron chi connectivity index (χ1n) is 10.5. The van der Waals surface area contributed by atoms with E-state index in [4.69, 9.17) is 4.74 Å². The van der Waals surface area contributed by atoms with E-state index in [1.54, 1.807) is 17.6 Å². The molecule has 35 heavy (non-hydrogen) atoms. The maximum absolute atomic E-state index is 14.0. The van der Waals surface area contributed by atoms with E-state index < -0.39 is 54.0 Å². The number of aliphatic carboxylic acids is 1. The van der Waals surface area contributed by atoms with Crippen molar-refractivity contribution in [3.8, 4) is 11.1 Å². The van der Waals surface area contributed by atoms with Crippen LogP contribution in [0, 0.1) is 0 Å². The van der Waals surface area contributed by atoms with Crippen LogP contribution in [0.3, 0.4) is 0 Å². The van der Waals surface area contributed by atoms with E-state index in [2.05, 4.69) is 0 Å². The number of benzene rings is 2. The minimum Gasteiger partial charge on any atom is -0.480 e. The van der Waals surface area contributed by atoms with E-state index in [-0.39, 0.29) is 11.6 Å². The third-order valence-corrected chi connectivity index (χ3v) is 6.13. The highest BCUT2D eigenvalue weighted by Crippen LogP contribution is 2.44. The zero-order valence-corrected chi connectivity index (χ0v) is 18.3. The van der Waals surface area contributed by atoms with Gasteiger partial charge in [0.25, 0.3) is 5.91 Å². The van der Waals surface area contributed by atoms with Crippen LogP contribution in [0.4, 0.5) is 18.0 Å². The van der Waals surface area contributed by atoms with Crippen molar-refractivity contribution in [2.75, 3.05) is 6.61 Å². The fourth-order valence-corrected chi connectivity index (χ4v) is 4.24. The van der Waals surface area contributed by atoms with Gasteiger partial charge in [-0.3, -0.25) is 20.3 Å². The number of amides is 3. The largest absolute Gasteiger partial charge is 0.480 e. The summed E-state index contributed by atoms with van der Waals surface area (Å²) in [7, 11) is 0. The molecule has 2 atom stereocenters. The maximum atomic E-state index is 14.0. The van der Waals surface area contributed by atoms with E-state index in [0.29, 0.717) is 6.92 Å². The molecule has 3 N–H and O–H groups in total. The lowest BCUT2D eigenvalue weighted by Gasteiger charge is -2.35. The molecule has 0 saturated carbocycles. The molecule has 2 aromatic rings. The van der Waals surface area contributed by atoms with Gasteiger partial charge < -0.3 is 9.84 Å². The van der Waals surface area contributed by atoms with Gasteiger partial charge >= 0.3 is 18.2 Å². The molecule has 2 aromatic carbocycles. The molecule has 3 amide bonds. The zero-order valence-electron chi connectivity index (χ0n) is 18.3. The van der Waals surface area contributed by atoms with Gasteiger partial charge in [-0.1, -0.05) is 48.5 Å². The van der Waals surface area contributed by atoms with Crippen molar-refractivity contribution >= 4 is 23.9 Å². The fourth-order valence-electron chi connectivity index (χ4n) is 4.24. The van der Waals surface area contributed by atoms with Crippen LogP contribution in [0.15, 0.2) is 48.5 Å². The van der Waals surface area contributed by atoms with Gasteiger partial charge in [-0.05, 0) is 29.2 Å². The molecule has 0 aromatic heterocycles. The number of hydrogen-bond donors (Lipinski definition) is 3. The Kier molecular flexibility index (Phi) is 5.91. The molecule has 0 spiro atoms. The van der Waals surface area contributed by atoms with Crippen molar-refractivity contribution in [1.29, 1.82) is 0 Å². The average Bonchev–Trinajstić information content (AvgIpc) is 3.34. The summed E-state index contributed by atoms with van der Waals surface area (Å²) in [5.74, 6) is -4.93. The number of halogens is 3. The first-order valence-corrected chi connectivity index (χ1v) is 10.5. The number of hydrazine groups is 1. The van der Waals surface area contributed by atoms with Crippen LogP contribution in [0.5, 0.6) is 0 Å². The van der Waals surface area contributed by atoms with E-state index >= 15 is 0 Å². The van der Waals surface area contributed by atoms with Crippen molar-refractivity contribution in [1.82, 2.24) is 15.8 Å². The third kappa shape index (κ3) is 4.15. The van der Waals surface area contributed by atoms with E-state index in [1.807, 2.05) is 36.4 Å². The van der Waals surface area contributed by atoms with Crippen LogP contribution in [0.2, 0.25) is 0 Å². The first kappa shape index (κ1) is 24.0. The van der Waals surface area contributed by atoms with Gasteiger partial charge in [-0.15, -0.1) is 0 Å². The number of carboxylic acid groups (broad SMARTS) is 1. The number of fused-ring (bicyclic) bond motifs is 3. The van der Waals surface area contributed by atoms with E-state index in [9.17, 15) is 37.5 Å². The van der Waals surface area contributed by atoms with Crippen LogP contribution in [-0.2, 0) is 19.1 Å². The second-order valence-corrected chi connectivity index (χ2v) is 8.34. The number of alkyl halides is 3. The molecule has 1 heterocycles. The van der Waals surface area contributed by atoms with Crippen molar-refractivity contribution in [3.05, 3.63) is 59.7 Å². The summed E-state index contributed by atoms with van der Waals surface area (Å²) in [6.07, 6.45) is -7.59. The quantitative estimate of drug-likeness (QED) is 0.591. The summed E-state index contributed by atoms with van der Waals surface area (Å²) in [6, 6.07) is 12.8. The molecule has 0 bridgehead atoms. The Morgan fingerprint density at radius 1 is 1.09 bits per heavy atom. The second-order valence-electron chi connectivity index (χ2n) is 8.34. The van der Waals surface area contributed by atoms with Crippen molar-refractivity contribution < 1.29 is 42.2 Å². The highest BCUT2D eigenvalue weighted by molar-refractivity contribution is 5.98. The van der Waals surface area contributed by atoms with Crippen LogP contribution in [0.1, 0.15) is 30.4 Å². The summed E-state index contributed by atoms with van der Waals surface area (Å²) in [5.41, 5.74) is 1.73. The van der Waals surface area contributed by atoms with Gasteiger partial charge in [0.1, 0.15) is 6.61 Å². The van der Waals surface area contributed by atoms with Crippen LogP contribution >= 0.6 is 0 Å². The van der Waals surface area contributed by atoms with Crippen LogP contribution in [0.25, 0.3) is 11.1 Å². The minimum atomic E-state index is -5.34. The van der Waals surface area contributed by atoms with Gasteiger partial charge in [0.2, 0.25) is 11.4 Å². The molecule has 2 aliphatic rings. The number of hydrogen-bond acceptors (Lipinski definition) is 5. The fraction of sp³-hybridized carbons (Fsp3) is 0.304. The highest BCUT2D eigenvalue weighted by Gasteiger charge is 2.62. The number of nitrogens with one attached hydrogen (secondary N) is 2. The molecule has 4 rings (SSSR count). The predicted molar refractivity (Wildman–Crippen MR) is 114 cm³/mol. The number of nitrogens with zero attached hydrogens (tertiary/aromatic N) is 1. The first-order chi connectivity index (χ1) is 16.4. The van der Waals surface area contributed by atoms with Gasteiger partial charge in [0, 0.05) is 5.92 Å². The lowest BCUT2D eigenvalue weighted by Crippen LogP contribution is -2.68. The molecular formula is C23H20F3N3O6. The molecule has 1 saturated heterocycles. The molecule has 9 nitrogen and oxygen atoms in total. The molecule has 2 unspecified atom stereocenters. The average molecular weight is 491 g/mol. The number of ether oxygens (including phenoxy) is 1. The summed E-state index contributed by atoms with van der Waals surface area (Å²) >= 11 is 0. The summed E-state index contributed by atoms with van der Waals surface area (Å²) in [5, 5.41) is 10.8. The Bertz CT molecular complexity index is 1170. The Morgan fingerprint density at radius 2 is 1.63 bits per heavy atom. The number of carbonyl (C=O) groups excluding carboxylic acids is 3. The lowest BCUT2D eigenvalue weighted by atomic mass is 9.98. The third-order valence-electron chi connectivity index (χ3n) is 6.13. The number of carbonyl (C=O) groups is 4. The van der Waals surface area contributed by atoms with Gasteiger partial charge in [-0.25, -0.2) is 14.6 Å². The Hall–Kier alpha value is -4.09. The molecular weight excluding hydrogens is 471 g/mol. The van der Waals surface area contributed by atoms with Gasteiger partial charge in [0.15, 0.2) is 6.04 Å². The molecule has 1 aliphatic heterocycles. The van der Waals surface area contributed by atoms with Crippen LogP contribution < -0.4 is 10.7 Å². The smallest absolute Gasteiger partial charge is 0.420 e. The molecule has 0 radical (unpaired) electrons. The summed E-state index contributed by atoms with van der Waals surface area (Å²) in [6.45, 7) is 0.0698. The van der Waals surface area contributed by atoms with Crippen LogP contribution in [-0.4, -0.2) is 58.4 Å². The lowest BCUT2D eigenvalue weighted by molar-refractivity contribution is -0.203. The van der Waals surface area contributed by atoms with Crippen molar-refractivity contribution in [2.24, 2.45) is 0 Å². The maximum Gasteiger partial charge on any atom is 0.420 e. The number of carboxylic acids is 1. The minimum absolute atomic E-state index is 0.0713. The van der Waals surface area contributed by atoms with Gasteiger partial charge in [-0.2, -0.15) is 13.2 Å². The van der Waals surface area contributed by atoms with E-state index in [1.165, 1.54) is 5.32 Å². The second kappa shape index (κ2) is 8.60. The molecule has 1 fully saturated rings. The monoisotopic (exact) mass is 491 g/mol. The summed E-state index contributed by atoms with van der Waals surface area (Å²) in [4.78, 5) is 48.1. The number of rotatable bonds is 5. The number of alkyl carbamates (subject to hydrolysis) is 1.